The molecule has 1 aromatic rings. The van der Waals surface area contributed by atoms with Gasteiger partial charge in [0.2, 0.25) is 0 Å². The third-order valence-electron chi connectivity index (χ3n) is 2.43. The van der Waals surface area contributed by atoms with Crippen LogP contribution >= 0.6 is 0 Å². The van der Waals surface area contributed by atoms with Crippen molar-refractivity contribution >= 4 is 0 Å². The number of rotatable bonds is 0. The van der Waals surface area contributed by atoms with Crippen molar-refractivity contribution in [3.63, 3.8) is 0 Å². The molecule has 1 fully saturated rings. The maximum absolute atomic E-state index is 3.83. The zero-order chi connectivity index (χ0) is 14.4. The first kappa shape index (κ1) is 19.5. The van der Waals surface area contributed by atoms with E-state index in [0.717, 1.165) is 0 Å². The molecule has 0 aromatic carbocycles. The van der Waals surface area contributed by atoms with Crippen LogP contribution in [0.1, 0.15) is 40.5 Å². The van der Waals surface area contributed by atoms with Crippen LogP contribution in [0.15, 0.2) is 18.5 Å². The number of hydrogen-bond donors (Lipinski definition) is 0. The van der Waals surface area contributed by atoms with Crippen LogP contribution in [0.4, 0.5) is 0 Å². The quantitative estimate of drug-likeness (QED) is 0.713. The minimum absolute atomic E-state index is 1.23. The monoisotopic (exact) mass is 256 g/mol. The fraction of sp³-hybridized carbons (Fsp3) is 0.786. The van der Waals surface area contributed by atoms with Crippen LogP contribution in [0.3, 0.4) is 0 Å². The van der Waals surface area contributed by atoms with E-state index in [1.54, 1.807) is 10.9 Å². The van der Waals surface area contributed by atoms with Crippen molar-refractivity contribution < 1.29 is 0 Å². The van der Waals surface area contributed by atoms with Crippen LogP contribution in [0.5, 0.6) is 0 Å². The number of hydrogen-bond acceptors (Lipinski definition) is 3. The molecule has 0 bridgehead atoms. The van der Waals surface area contributed by atoms with Gasteiger partial charge in [-0.3, -0.25) is 4.68 Å². The van der Waals surface area contributed by atoms with Crippen molar-refractivity contribution in [3.05, 3.63) is 18.5 Å². The molecule has 108 valence electrons. The third-order valence-corrected chi connectivity index (χ3v) is 2.43. The SMILES string of the molecule is CC.CC.CN1CCCCN1C.Cn1cccn1. The molecule has 1 aliphatic heterocycles. The summed E-state index contributed by atoms with van der Waals surface area (Å²) in [5.41, 5.74) is 0. The van der Waals surface area contributed by atoms with Gasteiger partial charge in [0.1, 0.15) is 0 Å². The van der Waals surface area contributed by atoms with Crippen molar-refractivity contribution in [3.8, 4) is 0 Å². The highest BCUT2D eigenvalue weighted by molar-refractivity contribution is 4.75. The lowest BCUT2D eigenvalue weighted by Gasteiger charge is -2.32. The van der Waals surface area contributed by atoms with E-state index in [1.165, 1.54) is 25.9 Å². The molecule has 0 N–H and O–H groups in total. The number of nitrogens with zero attached hydrogens (tertiary/aromatic N) is 4. The summed E-state index contributed by atoms with van der Waals surface area (Å²) in [6.07, 6.45) is 6.36. The van der Waals surface area contributed by atoms with Gasteiger partial charge in [-0.25, -0.2) is 10.0 Å². The molecule has 2 heterocycles. The Morgan fingerprint density at radius 1 is 0.833 bits per heavy atom. The summed E-state index contributed by atoms with van der Waals surface area (Å²) >= 11 is 0. The van der Waals surface area contributed by atoms with Crippen LogP contribution < -0.4 is 0 Å². The Morgan fingerprint density at radius 3 is 1.44 bits per heavy atom. The average molecular weight is 256 g/mol. The largest absolute Gasteiger partial charge is 0.276 e. The zero-order valence-electron chi connectivity index (χ0n) is 13.3. The Kier molecular flexibility index (Phi) is 15.4. The van der Waals surface area contributed by atoms with Gasteiger partial charge in [-0.05, 0) is 18.9 Å². The zero-order valence-corrected chi connectivity index (χ0v) is 13.3. The fourth-order valence-electron chi connectivity index (χ4n) is 1.37. The Labute approximate surface area is 114 Å². The molecule has 4 heteroatoms. The van der Waals surface area contributed by atoms with Crippen LogP contribution in [-0.4, -0.2) is 47.0 Å². The topological polar surface area (TPSA) is 24.3 Å². The average Bonchev–Trinajstić information content (AvgIpc) is 2.90. The summed E-state index contributed by atoms with van der Waals surface area (Å²) in [6.45, 7) is 10.5. The minimum atomic E-state index is 1.23. The number of hydrazine groups is 1. The lowest BCUT2D eigenvalue weighted by Crippen LogP contribution is -2.41. The van der Waals surface area contributed by atoms with E-state index in [0.29, 0.717) is 0 Å². The van der Waals surface area contributed by atoms with Crippen molar-refractivity contribution in [2.45, 2.75) is 40.5 Å². The highest BCUT2D eigenvalue weighted by atomic mass is 15.6. The molecule has 0 atom stereocenters. The smallest absolute Gasteiger partial charge is 0.0489 e. The highest BCUT2D eigenvalue weighted by Gasteiger charge is 2.09. The normalized spacial score (nSPS) is 15.3. The molecule has 0 unspecified atom stereocenters. The molecule has 1 aromatic heterocycles. The van der Waals surface area contributed by atoms with Crippen LogP contribution in [0.2, 0.25) is 0 Å². The van der Waals surface area contributed by atoms with Gasteiger partial charge >= 0.3 is 0 Å². The van der Waals surface area contributed by atoms with Crippen LogP contribution in [-0.2, 0) is 7.05 Å². The predicted molar refractivity (Wildman–Crippen MR) is 80.4 cm³/mol. The van der Waals surface area contributed by atoms with Crippen molar-refractivity contribution in [2.75, 3.05) is 27.2 Å². The van der Waals surface area contributed by atoms with Gasteiger partial charge in [0.25, 0.3) is 0 Å². The molecule has 1 aliphatic rings. The van der Waals surface area contributed by atoms with E-state index >= 15 is 0 Å². The first-order valence-corrected chi connectivity index (χ1v) is 7.06. The van der Waals surface area contributed by atoms with Gasteiger partial charge < -0.3 is 0 Å². The summed E-state index contributed by atoms with van der Waals surface area (Å²) in [6, 6.07) is 1.89. The summed E-state index contributed by atoms with van der Waals surface area (Å²) in [5, 5.41) is 8.37. The lowest BCUT2D eigenvalue weighted by molar-refractivity contribution is -0.00111. The van der Waals surface area contributed by atoms with E-state index in [-0.39, 0.29) is 0 Å². The maximum Gasteiger partial charge on any atom is 0.0489 e. The molecular weight excluding hydrogens is 224 g/mol. The minimum Gasteiger partial charge on any atom is -0.276 e. The summed E-state index contributed by atoms with van der Waals surface area (Å²) in [7, 11) is 6.16. The van der Waals surface area contributed by atoms with Crippen LogP contribution in [0.25, 0.3) is 0 Å². The molecule has 0 aliphatic carbocycles. The predicted octanol–water partition coefficient (Wildman–Crippen LogP) is 3.03. The highest BCUT2D eigenvalue weighted by Crippen LogP contribution is 2.04. The third kappa shape index (κ3) is 10.3. The molecule has 0 amide bonds. The molecule has 0 saturated carbocycles. The van der Waals surface area contributed by atoms with Gasteiger partial charge in [-0.1, -0.05) is 27.7 Å². The second kappa shape index (κ2) is 14.2. The Morgan fingerprint density at radius 2 is 1.28 bits per heavy atom. The Hall–Kier alpha value is -0.870. The molecule has 0 radical (unpaired) electrons. The van der Waals surface area contributed by atoms with Gasteiger partial charge in [0.05, 0.1) is 0 Å². The van der Waals surface area contributed by atoms with Crippen molar-refractivity contribution in [2.24, 2.45) is 7.05 Å². The van der Waals surface area contributed by atoms with Gasteiger partial charge in [-0.15, -0.1) is 0 Å². The summed E-state index contributed by atoms with van der Waals surface area (Å²) in [5.74, 6) is 0. The van der Waals surface area contributed by atoms with E-state index < -0.39 is 0 Å². The van der Waals surface area contributed by atoms with Crippen molar-refractivity contribution in [1.82, 2.24) is 19.8 Å². The van der Waals surface area contributed by atoms with Crippen LogP contribution in [0, 0.1) is 0 Å². The molecular formula is C14H32N4. The van der Waals surface area contributed by atoms with E-state index in [2.05, 4.69) is 29.2 Å². The van der Waals surface area contributed by atoms with Gasteiger partial charge in [0.15, 0.2) is 0 Å². The maximum atomic E-state index is 3.83. The number of aryl methyl sites for hydroxylation is 1. The van der Waals surface area contributed by atoms with Crippen molar-refractivity contribution in [1.29, 1.82) is 0 Å². The van der Waals surface area contributed by atoms with E-state index in [9.17, 15) is 0 Å². The first-order chi connectivity index (χ1) is 8.70. The fourth-order valence-corrected chi connectivity index (χ4v) is 1.37. The molecule has 0 spiro atoms. The van der Waals surface area contributed by atoms with Gasteiger partial charge in [0, 0.05) is 46.6 Å². The summed E-state index contributed by atoms with van der Waals surface area (Å²) in [4.78, 5) is 0. The van der Waals surface area contributed by atoms with E-state index in [4.69, 9.17) is 0 Å². The van der Waals surface area contributed by atoms with Gasteiger partial charge in [-0.2, -0.15) is 5.10 Å². The molecule has 2 rings (SSSR count). The first-order valence-electron chi connectivity index (χ1n) is 7.06. The second-order valence-electron chi connectivity index (χ2n) is 3.65. The Bertz CT molecular complexity index is 224. The standard InChI is InChI=1S/C6H14N2.C4H6N2.2C2H6/c1-7-5-3-4-6-8(7)2;1-6-4-2-3-5-6;2*1-2/h3-6H2,1-2H3;2-4H,1H3;2*1-2H3. The summed E-state index contributed by atoms with van der Waals surface area (Å²) < 4.78 is 1.75. The Balaban J connectivity index is 0. The molecule has 1 saturated heterocycles. The molecule has 4 nitrogen and oxygen atoms in total. The second-order valence-corrected chi connectivity index (χ2v) is 3.65. The van der Waals surface area contributed by atoms with E-state index in [1.807, 2.05) is 47.0 Å². The molecule has 18 heavy (non-hydrogen) atoms. The number of aromatic nitrogens is 2. The lowest BCUT2D eigenvalue weighted by atomic mass is 10.2.